The molecule has 0 unspecified atom stereocenters. The van der Waals surface area contributed by atoms with Crippen molar-refractivity contribution in [3.05, 3.63) is 53.1 Å². The molecule has 0 atom stereocenters. The van der Waals surface area contributed by atoms with E-state index in [2.05, 4.69) is 0 Å². The van der Waals surface area contributed by atoms with Crippen molar-refractivity contribution in [1.29, 1.82) is 0 Å². The highest BCUT2D eigenvalue weighted by atomic mass is 32.2. The van der Waals surface area contributed by atoms with Crippen LogP contribution in [0.3, 0.4) is 0 Å². The maximum absolute atomic E-state index is 13.1. The van der Waals surface area contributed by atoms with Gasteiger partial charge in [0.15, 0.2) is 0 Å². The van der Waals surface area contributed by atoms with E-state index in [1.54, 1.807) is 50.4 Å². The minimum atomic E-state index is -3.35. The van der Waals surface area contributed by atoms with Crippen LogP contribution in [0.1, 0.15) is 34.3 Å². The second kappa shape index (κ2) is 8.95. The zero-order valence-electron chi connectivity index (χ0n) is 17.8. The summed E-state index contributed by atoms with van der Waals surface area (Å²) in [6.07, 6.45) is 1.48. The van der Waals surface area contributed by atoms with E-state index in [1.165, 1.54) is 4.31 Å². The maximum Gasteiger partial charge on any atom is 0.253 e. The van der Waals surface area contributed by atoms with Gasteiger partial charge >= 0.3 is 0 Å². The Balaban J connectivity index is 1.85. The van der Waals surface area contributed by atoms with Crippen LogP contribution in [-0.2, 0) is 16.6 Å². The van der Waals surface area contributed by atoms with E-state index in [1.807, 2.05) is 19.1 Å². The summed E-state index contributed by atoms with van der Waals surface area (Å²) in [5.74, 6) is 1.26. The fourth-order valence-electron chi connectivity index (χ4n) is 3.60. The van der Waals surface area contributed by atoms with Crippen LogP contribution in [0.2, 0.25) is 0 Å². The minimum Gasteiger partial charge on any atom is -0.497 e. The molecule has 30 heavy (non-hydrogen) atoms. The summed E-state index contributed by atoms with van der Waals surface area (Å²) >= 11 is 0. The second-order valence-electron chi connectivity index (χ2n) is 7.44. The molecule has 162 valence electrons. The van der Waals surface area contributed by atoms with Crippen LogP contribution < -0.4 is 13.8 Å². The van der Waals surface area contributed by atoms with E-state index < -0.39 is 10.0 Å². The van der Waals surface area contributed by atoms with Crippen LogP contribution in [0.15, 0.2) is 36.4 Å². The molecule has 1 saturated heterocycles. The fraction of sp³-hybridized carbons (Fsp3) is 0.409. The molecule has 2 aromatic carbocycles. The number of aryl methyl sites for hydroxylation is 1. The molecule has 0 N–H and O–H groups in total. The molecule has 7 nitrogen and oxygen atoms in total. The SMILES string of the molecule is COc1ccc(CN(C)C(=O)c2ccc(C)c(N3CCCCS3(=O)=O)c2)c(OC)c1. The first kappa shape index (κ1) is 22.0. The van der Waals surface area contributed by atoms with Crippen molar-refractivity contribution in [2.75, 3.05) is 37.9 Å². The summed E-state index contributed by atoms with van der Waals surface area (Å²) in [4.78, 5) is 14.7. The summed E-state index contributed by atoms with van der Waals surface area (Å²) in [6.45, 7) is 2.65. The van der Waals surface area contributed by atoms with E-state index in [-0.39, 0.29) is 11.7 Å². The monoisotopic (exact) mass is 432 g/mol. The van der Waals surface area contributed by atoms with Crippen LogP contribution in [-0.4, -0.2) is 52.8 Å². The topological polar surface area (TPSA) is 76.2 Å². The van der Waals surface area contributed by atoms with Crippen LogP contribution in [0, 0.1) is 6.92 Å². The molecule has 1 fully saturated rings. The normalized spacial score (nSPS) is 15.5. The van der Waals surface area contributed by atoms with Gasteiger partial charge in [-0.15, -0.1) is 0 Å². The van der Waals surface area contributed by atoms with E-state index in [9.17, 15) is 13.2 Å². The Morgan fingerprint density at radius 2 is 1.87 bits per heavy atom. The third-order valence-electron chi connectivity index (χ3n) is 5.32. The maximum atomic E-state index is 13.1. The second-order valence-corrected chi connectivity index (χ2v) is 9.45. The number of hydrogen-bond acceptors (Lipinski definition) is 5. The molecule has 0 spiro atoms. The van der Waals surface area contributed by atoms with Crippen molar-refractivity contribution in [2.24, 2.45) is 0 Å². The summed E-state index contributed by atoms with van der Waals surface area (Å²) < 4.78 is 37.1. The predicted molar refractivity (Wildman–Crippen MR) is 117 cm³/mol. The number of benzene rings is 2. The first-order valence-corrected chi connectivity index (χ1v) is 11.4. The smallest absolute Gasteiger partial charge is 0.253 e. The Hall–Kier alpha value is -2.74. The highest BCUT2D eigenvalue weighted by Gasteiger charge is 2.28. The average molecular weight is 433 g/mol. The molecule has 1 aliphatic heterocycles. The molecule has 2 aromatic rings. The number of nitrogens with zero attached hydrogens (tertiary/aromatic N) is 2. The number of rotatable bonds is 6. The van der Waals surface area contributed by atoms with Gasteiger partial charge in [0, 0.05) is 37.3 Å². The minimum absolute atomic E-state index is 0.141. The number of ether oxygens (including phenoxy) is 2. The lowest BCUT2D eigenvalue weighted by Gasteiger charge is -2.30. The zero-order valence-corrected chi connectivity index (χ0v) is 18.7. The lowest BCUT2D eigenvalue weighted by atomic mass is 10.1. The molecule has 1 amide bonds. The van der Waals surface area contributed by atoms with E-state index in [4.69, 9.17) is 9.47 Å². The molecule has 0 aromatic heterocycles. The van der Waals surface area contributed by atoms with Crippen molar-refractivity contribution in [1.82, 2.24) is 4.90 Å². The number of carbonyl (C=O) groups excluding carboxylic acids is 1. The number of hydrogen-bond donors (Lipinski definition) is 0. The summed E-state index contributed by atoms with van der Waals surface area (Å²) in [7, 11) is 1.53. The Labute approximate surface area is 178 Å². The molecule has 0 radical (unpaired) electrons. The van der Waals surface area contributed by atoms with Gasteiger partial charge in [0.25, 0.3) is 5.91 Å². The van der Waals surface area contributed by atoms with Crippen molar-refractivity contribution >= 4 is 21.6 Å². The predicted octanol–water partition coefficient (Wildman–Crippen LogP) is 3.21. The molecule has 1 aliphatic rings. The lowest BCUT2D eigenvalue weighted by Crippen LogP contribution is -2.38. The molecular formula is C22H28N2O5S. The van der Waals surface area contributed by atoms with Gasteiger partial charge in [-0.3, -0.25) is 9.10 Å². The van der Waals surface area contributed by atoms with Crippen LogP contribution in [0.25, 0.3) is 0 Å². The standard InChI is InChI=1S/C22H28N2O5S/c1-16-7-8-17(13-20(16)24-11-5-6-12-30(24,26)27)22(25)23(2)15-18-9-10-19(28-3)14-21(18)29-4/h7-10,13-14H,5-6,11-12,15H2,1-4H3. The molecule has 1 heterocycles. The molecule has 0 bridgehead atoms. The Morgan fingerprint density at radius 3 is 2.53 bits per heavy atom. The van der Waals surface area contributed by atoms with Crippen LogP contribution in [0.5, 0.6) is 11.5 Å². The number of amides is 1. The summed E-state index contributed by atoms with van der Waals surface area (Å²) in [6, 6.07) is 10.7. The zero-order chi connectivity index (χ0) is 21.9. The number of methoxy groups -OCH3 is 2. The van der Waals surface area contributed by atoms with Crippen molar-refractivity contribution in [3.8, 4) is 11.5 Å². The molecule has 3 rings (SSSR count). The number of anilines is 1. The van der Waals surface area contributed by atoms with Gasteiger partial charge in [-0.1, -0.05) is 6.07 Å². The first-order valence-electron chi connectivity index (χ1n) is 9.84. The van der Waals surface area contributed by atoms with Crippen LogP contribution in [0.4, 0.5) is 5.69 Å². The quantitative estimate of drug-likeness (QED) is 0.701. The molecule has 0 saturated carbocycles. The highest BCUT2D eigenvalue weighted by molar-refractivity contribution is 7.92. The third kappa shape index (κ3) is 4.53. The lowest BCUT2D eigenvalue weighted by molar-refractivity contribution is 0.0784. The van der Waals surface area contributed by atoms with E-state index >= 15 is 0 Å². The van der Waals surface area contributed by atoms with Gasteiger partial charge in [0.05, 0.1) is 25.7 Å². The molecule has 8 heteroatoms. The Morgan fingerprint density at radius 1 is 1.10 bits per heavy atom. The first-order chi connectivity index (χ1) is 14.3. The summed E-state index contributed by atoms with van der Waals surface area (Å²) in [5.41, 5.74) is 2.71. The number of carbonyl (C=O) groups is 1. The van der Waals surface area contributed by atoms with Gasteiger partial charge in [0.2, 0.25) is 10.0 Å². The van der Waals surface area contributed by atoms with Crippen molar-refractivity contribution < 1.29 is 22.7 Å². The highest BCUT2D eigenvalue weighted by Crippen LogP contribution is 2.29. The molecular weight excluding hydrogens is 404 g/mol. The van der Waals surface area contributed by atoms with Crippen molar-refractivity contribution in [2.45, 2.75) is 26.3 Å². The third-order valence-corrected chi connectivity index (χ3v) is 7.18. The largest absolute Gasteiger partial charge is 0.497 e. The van der Waals surface area contributed by atoms with Crippen molar-refractivity contribution in [3.63, 3.8) is 0 Å². The Kier molecular flexibility index (Phi) is 6.55. The van der Waals surface area contributed by atoms with Gasteiger partial charge in [-0.05, 0) is 49.6 Å². The van der Waals surface area contributed by atoms with Crippen LogP contribution >= 0.6 is 0 Å². The molecule has 0 aliphatic carbocycles. The van der Waals surface area contributed by atoms with Gasteiger partial charge in [-0.2, -0.15) is 0 Å². The average Bonchev–Trinajstić information content (AvgIpc) is 2.73. The fourth-order valence-corrected chi connectivity index (χ4v) is 5.29. The van der Waals surface area contributed by atoms with Gasteiger partial charge in [0.1, 0.15) is 11.5 Å². The van der Waals surface area contributed by atoms with Gasteiger partial charge in [-0.25, -0.2) is 8.42 Å². The van der Waals surface area contributed by atoms with E-state index in [0.29, 0.717) is 42.3 Å². The van der Waals surface area contributed by atoms with E-state index in [0.717, 1.165) is 17.5 Å². The van der Waals surface area contributed by atoms with Gasteiger partial charge < -0.3 is 14.4 Å². The number of sulfonamides is 1. The summed E-state index contributed by atoms with van der Waals surface area (Å²) in [5, 5.41) is 0. The Bertz CT molecular complexity index is 1040.